The molecule has 5 nitrogen and oxygen atoms in total. The lowest BCUT2D eigenvalue weighted by Gasteiger charge is -2.03. The van der Waals surface area contributed by atoms with E-state index in [1.54, 1.807) is 22.6 Å². The minimum absolute atomic E-state index is 0.261. The van der Waals surface area contributed by atoms with Crippen LogP contribution in [0.25, 0.3) is 0 Å². The molecule has 1 aliphatic rings. The molecule has 0 saturated carbocycles. The molecule has 1 unspecified atom stereocenters. The van der Waals surface area contributed by atoms with E-state index in [0.29, 0.717) is 5.17 Å². The van der Waals surface area contributed by atoms with Gasteiger partial charge in [-0.25, -0.2) is 0 Å². The summed E-state index contributed by atoms with van der Waals surface area (Å²) in [6.45, 7) is 0.772. The zero-order valence-corrected chi connectivity index (χ0v) is 7.24. The van der Waals surface area contributed by atoms with E-state index in [-0.39, 0.29) is 6.04 Å². The molecule has 6 heteroatoms. The standard InChI is InChI=1S/C6H9N5S/c7-6-9-5(4-12-6)3-11-2-1-8-10-11/h1-2,5H,3-4H2,(H2,7,9). The molecule has 1 atom stereocenters. The van der Waals surface area contributed by atoms with Crippen molar-refractivity contribution in [1.29, 1.82) is 0 Å². The SMILES string of the molecule is NC1=NC(Cn2ccnn2)CS1. The number of thioether (sulfide) groups is 1. The number of rotatable bonds is 2. The topological polar surface area (TPSA) is 69.1 Å². The average Bonchev–Trinajstić information content (AvgIpc) is 2.63. The van der Waals surface area contributed by atoms with Crippen LogP contribution in [-0.4, -0.2) is 32.0 Å². The molecular weight excluding hydrogens is 174 g/mol. The van der Waals surface area contributed by atoms with Gasteiger partial charge in [0, 0.05) is 11.9 Å². The number of nitrogens with zero attached hydrogens (tertiary/aromatic N) is 4. The van der Waals surface area contributed by atoms with Gasteiger partial charge < -0.3 is 5.73 Å². The molecule has 0 amide bonds. The molecule has 0 radical (unpaired) electrons. The van der Waals surface area contributed by atoms with E-state index in [9.17, 15) is 0 Å². The number of aliphatic imine (C=N–C) groups is 1. The lowest BCUT2D eigenvalue weighted by Crippen LogP contribution is -2.14. The molecule has 0 fully saturated rings. The van der Waals surface area contributed by atoms with Crippen LogP contribution < -0.4 is 5.73 Å². The maximum Gasteiger partial charge on any atom is 0.154 e. The van der Waals surface area contributed by atoms with Crippen LogP contribution >= 0.6 is 11.8 Å². The third-order valence-corrected chi connectivity index (χ3v) is 2.56. The molecule has 0 saturated heterocycles. The van der Waals surface area contributed by atoms with Crippen LogP contribution in [0.1, 0.15) is 0 Å². The largest absolute Gasteiger partial charge is 0.379 e. The van der Waals surface area contributed by atoms with Crippen LogP contribution in [0, 0.1) is 0 Å². The van der Waals surface area contributed by atoms with Gasteiger partial charge in [-0.15, -0.1) is 5.10 Å². The molecule has 1 aromatic rings. The van der Waals surface area contributed by atoms with Gasteiger partial charge in [0.05, 0.1) is 18.8 Å². The highest BCUT2D eigenvalue weighted by Crippen LogP contribution is 2.15. The van der Waals surface area contributed by atoms with E-state index in [2.05, 4.69) is 15.3 Å². The number of amidine groups is 1. The zero-order valence-electron chi connectivity index (χ0n) is 6.42. The second-order valence-electron chi connectivity index (χ2n) is 2.56. The minimum atomic E-state index is 0.261. The Morgan fingerprint density at radius 2 is 2.67 bits per heavy atom. The van der Waals surface area contributed by atoms with Crippen LogP contribution in [0.15, 0.2) is 17.4 Å². The third kappa shape index (κ3) is 1.58. The van der Waals surface area contributed by atoms with E-state index >= 15 is 0 Å². The highest BCUT2D eigenvalue weighted by atomic mass is 32.2. The summed E-state index contributed by atoms with van der Waals surface area (Å²) in [6, 6.07) is 0.261. The smallest absolute Gasteiger partial charge is 0.154 e. The highest BCUT2D eigenvalue weighted by molar-refractivity contribution is 8.14. The molecule has 0 spiro atoms. The van der Waals surface area contributed by atoms with Crippen molar-refractivity contribution in [2.45, 2.75) is 12.6 Å². The molecule has 2 rings (SSSR count). The van der Waals surface area contributed by atoms with Gasteiger partial charge in [-0.3, -0.25) is 9.67 Å². The first kappa shape index (κ1) is 7.60. The summed E-state index contributed by atoms with van der Waals surface area (Å²) in [5.74, 6) is 0.950. The predicted molar refractivity (Wildman–Crippen MR) is 47.9 cm³/mol. The molecule has 2 heterocycles. The summed E-state index contributed by atoms with van der Waals surface area (Å²) in [5.41, 5.74) is 5.52. The van der Waals surface area contributed by atoms with Gasteiger partial charge in [-0.2, -0.15) is 0 Å². The lowest BCUT2D eigenvalue weighted by molar-refractivity contribution is 0.532. The van der Waals surface area contributed by atoms with Gasteiger partial charge in [0.2, 0.25) is 0 Å². The monoisotopic (exact) mass is 183 g/mol. The lowest BCUT2D eigenvalue weighted by atomic mass is 10.3. The molecular formula is C6H9N5S. The molecule has 0 bridgehead atoms. The van der Waals surface area contributed by atoms with Gasteiger partial charge in [-0.05, 0) is 0 Å². The van der Waals surface area contributed by atoms with Crippen LogP contribution in [-0.2, 0) is 6.54 Å². The third-order valence-electron chi connectivity index (χ3n) is 1.60. The quantitative estimate of drug-likeness (QED) is 0.684. The second kappa shape index (κ2) is 3.14. The van der Waals surface area contributed by atoms with Gasteiger partial charge >= 0.3 is 0 Å². The Morgan fingerprint density at radius 3 is 3.25 bits per heavy atom. The van der Waals surface area contributed by atoms with Crippen molar-refractivity contribution in [2.24, 2.45) is 10.7 Å². The Bertz CT molecular complexity index is 280. The number of nitrogens with two attached hydrogens (primary N) is 1. The van der Waals surface area contributed by atoms with Gasteiger partial charge in [-0.1, -0.05) is 17.0 Å². The fraction of sp³-hybridized carbons (Fsp3) is 0.500. The fourth-order valence-corrected chi connectivity index (χ4v) is 1.84. The Kier molecular flexibility index (Phi) is 1.99. The Balaban J connectivity index is 1.97. The van der Waals surface area contributed by atoms with Gasteiger partial charge in [0.1, 0.15) is 0 Å². The molecule has 12 heavy (non-hydrogen) atoms. The van der Waals surface area contributed by atoms with Crippen LogP contribution in [0.3, 0.4) is 0 Å². The molecule has 1 aromatic heterocycles. The van der Waals surface area contributed by atoms with Crippen molar-refractivity contribution in [3.63, 3.8) is 0 Å². The molecule has 0 aromatic carbocycles. The maximum atomic E-state index is 5.52. The Labute approximate surface area is 74.0 Å². The van der Waals surface area contributed by atoms with Crippen molar-refractivity contribution in [1.82, 2.24) is 15.0 Å². The van der Waals surface area contributed by atoms with Crippen molar-refractivity contribution in [2.75, 3.05) is 5.75 Å². The summed E-state index contributed by atoms with van der Waals surface area (Å²) in [4.78, 5) is 4.23. The molecule has 1 aliphatic heterocycles. The molecule has 0 aliphatic carbocycles. The molecule has 64 valence electrons. The van der Waals surface area contributed by atoms with E-state index in [0.717, 1.165) is 12.3 Å². The second-order valence-corrected chi connectivity index (χ2v) is 3.60. The first-order valence-corrected chi connectivity index (χ1v) is 4.63. The Morgan fingerprint density at radius 1 is 1.75 bits per heavy atom. The van der Waals surface area contributed by atoms with Crippen LogP contribution in [0.5, 0.6) is 0 Å². The van der Waals surface area contributed by atoms with E-state index < -0.39 is 0 Å². The van der Waals surface area contributed by atoms with Crippen molar-refractivity contribution in [3.05, 3.63) is 12.4 Å². The van der Waals surface area contributed by atoms with Crippen molar-refractivity contribution < 1.29 is 0 Å². The number of hydrogen-bond acceptors (Lipinski definition) is 5. The van der Waals surface area contributed by atoms with E-state index in [1.807, 2.05) is 6.20 Å². The summed E-state index contributed by atoms with van der Waals surface area (Å²) < 4.78 is 1.77. The van der Waals surface area contributed by atoms with Crippen LogP contribution in [0.4, 0.5) is 0 Å². The predicted octanol–water partition coefficient (Wildman–Crippen LogP) is -0.292. The van der Waals surface area contributed by atoms with Gasteiger partial charge in [0.25, 0.3) is 0 Å². The Hall–Kier alpha value is -1.04. The summed E-state index contributed by atoms with van der Waals surface area (Å²) in [7, 11) is 0. The van der Waals surface area contributed by atoms with Crippen LogP contribution in [0.2, 0.25) is 0 Å². The summed E-state index contributed by atoms with van der Waals surface area (Å²) in [6.07, 6.45) is 3.49. The zero-order chi connectivity index (χ0) is 8.39. The van der Waals surface area contributed by atoms with E-state index in [4.69, 9.17) is 5.73 Å². The highest BCUT2D eigenvalue weighted by Gasteiger charge is 2.16. The van der Waals surface area contributed by atoms with Gasteiger partial charge in [0.15, 0.2) is 5.17 Å². The molecule has 2 N–H and O–H groups in total. The fourth-order valence-electron chi connectivity index (χ4n) is 1.08. The summed E-state index contributed by atoms with van der Waals surface area (Å²) >= 11 is 1.59. The minimum Gasteiger partial charge on any atom is -0.379 e. The first-order chi connectivity index (χ1) is 5.84. The maximum absolute atomic E-state index is 5.52. The van der Waals surface area contributed by atoms with E-state index in [1.165, 1.54) is 0 Å². The normalized spacial score (nSPS) is 22.7. The van der Waals surface area contributed by atoms with Crippen molar-refractivity contribution in [3.8, 4) is 0 Å². The average molecular weight is 183 g/mol. The first-order valence-electron chi connectivity index (χ1n) is 3.65. The number of hydrogen-bond donors (Lipinski definition) is 1. The van der Waals surface area contributed by atoms with Crippen molar-refractivity contribution >= 4 is 16.9 Å². The summed E-state index contributed by atoms with van der Waals surface area (Å²) in [5, 5.41) is 8.24. The number of aromatic nitrogens is 3.